The number of carbonyl (C=O) groups is 2. The Balaban J connectivity index is 2.89. The molecule has 0 radical (unpaired) electrons. The van der Waals surface area contributed by atoms with Gasteiger partial charge in [0.05, 0.1) is 6.42 Å². The first-order valence-corrected chi connectivity index (χ1v) is 6.63. The SMILES string of the molecule is CC(C)N(CCC(=O)O)C(=O)c1cc(C(C)(C)C)on1. The van der Waals surface area contributed by atoms with Crippen LogP contribution in [0.1, 0.15) is 57.3 Å². The molecule has 112 valence electrons. The van der Waals surface area contributed by atoms with Crippen LogP contribution < -0.4 is 0 Å². The number of carboxylic acid groups (broad SMARTS) is 1. The van der Waals surface area contributed by atoms with E-state index in [1.54, 1.807) is 6.07 Å². The smallest absolute Gasteiger partial charge is 0.305 e. The Kier molecular flexibility index (Phi) is 4.92. The Morgan fingerprint density at radius 2 is 2.00 bits per heavy atom. The predicted molar refractivity (Wildman–Crippen MR) is 73.6 cm³/mol. The lowest BCUT2D eigenvalue weighted by atomic mass is 9.93. The molecule has 1 amide bonds. The predicted octanol–water partition coefficient (Wildman–Crippen LogP) is 2.30. The van der Waals surface area contributed by atoms with Gasteiger partial charge in [0, 0.05) is 24.1 Å². The van der Waals surface area contributed by atoms with Gasteiger partial charge in [-0.3, -0.25) is 9.59 Å². The Morgan fingerprint density at radius 1 is 1.40 bits per heavy atom. The Labute approximate surface area is 118 Å². The zero-order chi connectivity index (χ0) is 15.5. The Bertz CT molecular complexity index is 486. The van der Waals surface area contributed by atoms with E-state index in [1.807, 2.05) is 34.6 Å². The first-order chi connectivity index (χ1) is 9.12. The lowest BCUT2D eigenvalue weighted by Crippen LogP contribution is -2.38. The van der Waals surface area contributed by atoms with E-state index in [1.165, 1.54) is 4.90 Å². The molecule has 0 bridgehead atoms. The lowest BCUT2D eigenvalue weighted by molar-refractivity contribution is -0.137. The normalized spacial score (nSPS) is 11.7. The molecule has 1 N–H and O–H groups in total. The van der Waals surface area contributed by atoms with Crippen molar-refractivity contribution in [3.8, 4) is 0 Å². The molecule has 0 fully saturated rings. The van der Waals surface area contributed by atoms with Crippen LogP contribution in [0.5, 0.6) is 0 Å². The quantitative estimate of drug-likeness (QED) is 0.895. The highest BCUT2D eigenvalue weighted by molar-refractivity contribution is 5.92. The molecule has 0 aliphatic rings. The van der Waals surface area contributed by atoms with E-state index in [-0.39, 0.29) is 36.0 Å². The first-order valence-electron chi connectivity index (χ1n) is 6.63. The van der Waals surface area contributed by atoms with E-state index >= 15 is 0 Å². The van der Waals surface area contributed by atoms with E-state index < -0.39 is 5.97 Å². The second-order valence-electron chi connectivity index (χ2n) is 6.06. The van der Waals surface area contributed by atoms with Gasteiger partial charge in [-0.25, -0.2) is 0 Å². The highest BCUT2D eigenvalue weighted by Crippen LogP contribution is 2.23. The molecule has 0 spiro atoms. The van der Waals surface area contributed by atoms with Crippen LogP contribution in [0, 0.1) is 0 Å². The van der Waals surface area contributed by atoms with Gasteiger partial charge in [-0.1, -0.05) is 25.9 Å². The molecule has 1 heterocycles. The monoisotopic (exact) mass is 282 g/mol. The third-order valence-electron chi connectivity index (χ3n) is 2.92. The molecule has 0 saturated heterocycles. The largest absolute Gasteiger partial charge is 0.481 e. The summed E-state index contributed by atoms with van der Waals surface area (Å²) in [6, 6.07) is 1.52. The third-order valence-corrected chi connectivity index (χ3v) is 2.92. The average Bonchev–Trinajstić information content (AvgIpc) is 2.76. The van der Waals surface area contributed by atoms with Crippen LogP contribution in [0.3, 0.4) is 0 Å². The fourth-order valence-electron chi connectivity index (χ4n) is 1.69. The van der Waals surface area contributed by atoms with Crippen molar-refractivity contribution in [1.82, 2.24) is 10.1 Å². The summed E-state index contributed by atoms with van der Waals surface area (Å²) < 4.78 is 5.19. The standard InChI is InChI=1S/C14H22N2O4/c1-9(2)16(7-6-12(17)18)13(19)10-8-11(20-15-10)14(3,4)5/h8-9H,6-7H2,1-5H3,(H,17,18). The topological polar surface area (TPSA) is 83.6 Å². The summed E-state index contributed by atoms with van der Waals surface area (Å²) in [6.07, 6.45) is -0.0894. The third kappa shape index (κ3) is 4.08. The summed E-state index contributed by atoms with van der Waals surface area (Å²) >= 11 is 0. The first kappa shape index (κ1) is 16.2. The van der Waals surface area contributed by atoms with Crippen molar-refractivity contribution in [3.63, 3.8) is 0 Å². The van der Waals surface area contributed by atoms with Crippen LogP contribution in [-0.4, -0.2) is 39.6 Å². The number of amides is 1. The van der Waals surface area contributed by atoms with Gasteiger partial charge in [-0.15, -0.1) is 0 Å². The van der Waals surface area contributed by atoms with Gasteiger partial charge in [0.2, 0.25) is 0 Å². The minimum Gasteiger partial charge on any atom is -0.481 e. The van der Waals surface area contributed by atoms with E-state index in [0.717, 1.165) is 0 Å². The van der Waals surface area contributed by atoms with Crippen LogP contribution in [-0.2, 0) is 10.2 Å². The van der Waals surface area contributed by atoms with E-state index in [9.17, 15) is 9.59 Å². The van der Waals surface area contributed by atoms with Crippen LogP contribution in [0.25, 0.3) is 0 Å². The van der Waals surface area contributed by atoms with Crippen molar-refractivity contribution in [3.05, 3.63) is 17.5 Å². The number of carbonyl (C=O) groups excluding carboxylic acids is 1. The van der Waals surface area contributed by atoms with Crippen LogP contribution in [0.2, 0.25) is 0 Å². The zero-order valence-corrected chi connectivity index (χ0v) is 12.6. The Morgan fingerprint density at radius 3 is 2.40 bits per heavy atom. The molecular formula is C14H22N2O4. The zero-order valence-electron chi connectivity index (χ0n) is 12.6. The summed E-state index contributed by atoms with van der Waals surface area (Å²) in [5.74, 6) is -0.609. The van der Waals surface area contributed by atoms with Gasteiger partial charge in [0.1, 0.15) is 5.76 Å². The van der Waals surface area contributed by atoms with E-state index in [2.05, 4.69) is 5.16 Å². The number of rotatable bonds is 5. The van der Waals surface area contributed by atoms with Crippen LogP contribution >= 0.6 is 0 Å². The average molecular weight is 282 g/mol. The summed E-state index contributed by atoms with van der Waals surface area (Å²) in [4.78, 5) is 24.5. The fourth-order valence-corrected chi connectivity index (χ4v) is 1.69. The van der Waals surface area contributed by atoms with Crippen molar-refractivity contribution < 1.29 is 19.2 Å². The molecule has 1 aromatic heterocycles. The second-order valence-corrected chi connectivity index (χ2v) is 6.06. The summed E-state index contributed by atoms with van der Waals surface area (Å²) in [7, 11) is 0. The van der Waals surface area contributed by atoms with Crippen molar-refractivity contribution >= 4 is 11.9 Å². The van der Waals surface area contributed by atoms with Crippen molar-refractivity contribution in [1.29, 1.82) is 0 Å². The second kappa shape index (κ2) is 6.07. The molecule has 6 nitrogen and oxygen atoms in total. The van der Waals surface area contributed by atoms with Crippen LogP contribution in [0.4, 0.5) is 0 Å². The number of aliphatic carboxylic acids is 1. The number of nitrogens with zero attached hydrogens (tertiary/aromatic N) is 2. The molecule has 0 atom stereocenters. The number of aromatic nitrogens is 1. The van der Waals surface area contributed by atoms with Crippen molar-refractivity contribution in [2.75, 3.05) is 6.54 Å². The highest BCUT2D eigenvalue weighted by atomic mass is 16.5. The molecule has 0 unspecified atom stereocenters. The van der Waals surface area contributed by atoms with Gasteiger partial charge in [0.25, 0.3) is 5.91 Å². The summed E-state index contributed by atoms with van der Waals surface area (Å²) in [5.41, 5.74) is -0.0102. The lowest BCUT2D eigenvalue weighted by Gasteiger charge is -2.25. The molecule has 20 heavy (non-hydrogen) atoms. The maximum Gasteiger partial charge on any atom is 0.305 e. The molecule has 0 aliphatic carbocycles. The summed E-state index contributed by atoms with van der Waals surface area (Å²) in [5, 5.41) is 12.5. The van der Waals surface area contributed by atoms with E-state index in [0.29, 0.717) is 5.76 Å². The highest BCUT2D eigenvalue weighted by Gasteiger charge is 2.26. The fraction of sp³-hybridized carbons (Fsp3) is 0.643. The van der Waals surface area contributed by atoms with Gasteiger partial charge >= 0.3 is 5.97 Å². The van der Waals surface area contributed by atoms with Crippen molar-refractivity contribution in [2.24, 2.45) is 0 Å². The van der Waals surface area contributed by atoms with Gasteiger partial charge in [0.15, 0.2) is 5.69 Å². The molecule has 1 rings (SSSR count). The molecule has 0 aliphatic heterocycles. The number of hydrogen-bond acceptors (Lipinski definition) is 4. The summed E-state index contributed by atoms with van der Waals surface area (Å²) in [6.45, 7) is 9.73. The van der Waals surface area contributed by atoms with Gasteiger partial charge in [-0.05, 0) is 13.8 Å². The maximum absolute atomic E-state index is 12.3. The molecule has 1 aromatic rings. The number of carboxylic acids is 1. The van der Waals surface area contributed by atoms with Gasteiger partial charge in [-0.2, -0.15) is 0 Å². The maximum atomic E-state index is 12.3. The Hall–Kier alpha value is -1.85. The van der Waals surface area contributed by atoms with Crippen molar-refractivity contribution in [2.45, 2.75) is 52.5 Å². The number of hydrogen-bond donors (Lipinski definition) is 1. The minimum atomic E-state index is -0.931. The van der Waals surface area contributed by atoms with Gasteiger partial charge < -0.3 is 14.5 Å². The minimum absolute atomic E-state index is 0.0894. The molecule has 0 aromatic carbocycles. The molecule has 0 saturated carbocycles. The molecule has 6 heteroatoms. The van der Waals surface area contributed by atoms with Crippen LogP contribution in [0.15, 0.2) is 10.6 Å². The van der Waals surface area contributed by atoms with E-state index in [4.69, 9.17) is 9.63 Å². The molecular weight excluding hydrogens is 260 g/mol.